The molecule has 0 saturated carbocycles. The lowest BCUT2D eigenvalue weighted by Crippen LogP contribution is -2.13. The van der Waals surface area contributed by atoms with Gasteiger partial charge in [0.2, 0.25) is 10.0 Å². The molecule has 0 atom stereocenters. The van der Waals surface area contributed by atoms with Crippen molar-refractivity contribution in [3.63, 3.8) is 0 Å². The van der Waals surface area contributed by atoms with E-state index in [9.17, 15) is 8.42 Å². The second kappa shape index (κ2) is 3.86. The first-order valence-corrected chi connectivity index (χ1v) is 6.04. The number of imidazole rings is 1. The molecular weight excluding hydrogens is 212 g/mol. The van der Waals surface area contributed by atoms with E-state index in [4.69, 9.17) is 0 Å². The predicted molar refractivity (Wildman–Crippen MR) is 56.7 cm³/mol. The summed E-state index contributed by atoms with van der Waals surface area (Å²) < 4.78 is 24.7. The summed E-state index contributed by atoms with van der Waals surface area (Å²) in [5.74, 6) is -0.00972. The Labute approximate surface area is 88.3 Å². The van der Waals surface area contributed by atoms with Crippen LogP contribution in [0.2, 0.25) is 0 Å². The third-order valence-electron chi connectivity index (χ3n) is 1.99. The van der Waals surface area contributed by atoms with E-state index in [1.54, 1.807) is 12.1 Å². The molecule has 2 rings (SSSR count). The van der Waals surface area contributed by atoms with E-state index in [1.807, 2.05) is 18.2 Å². The van der Waals surface area contributed by atoms with Gasteiger partial charge in [0.1, 0.15) is 6.33 Å². The quantitative estimate of drug-likeness (QED) is 0.785. The van der Waals surface area contributed by atoms with Crippen LogP contribution in [0.1, 0.15) is 5.56 Å². The van der Waals surface area contributed by atoms with E-state index < -0.39 is 10.0 Å². The highest BCUT2D eigenvalue weighted by Gasteiger charge is 2.12. The highest BCUT2D eigenvalue weighted by Crippen LogP contribution is 2.07. The molecule has 0 saturated heterocycles. The minimum atomic E-state index is -3.32. The van der Waals surface area contributed by atoms with Gasteiger partial charge in [0.05, 0.1) is 5.75 Å². The molecule has 0 N–H and O–H groups in total. The van der Waals surface area contributed by atoms with Crippen molar-refractivity contribution in [2.24, 2.45) is 0 Å². The summed E-state index contributed by atoms with van der Waals surface area (Å²) in [5.41, 5.74) is 0.770. The second-order valence-corrected chi connectivity index (χ2v) is 5.01. The minimum absolute atomic E-state index is 0.00972. The first-order valence-electron chi connectivity index (χ1n) is 4.43. The van der Waals surface area contributed by atoms with Crippen LogP contribution in [-0.2, 0) is 15.8 Å². The summed E-state index contributed by atoms with van der Waals surface area (Å²) >= 11 is 0. The van der Waals surface area contributed by atoms with Crippen LogP contribution >= 0.6 is 0 Å². The van der Waals surface area contributed by atoms with Crippen LogP contribution in [-0.4, -0.2) is 17.4 Å². The monoisotopic (exact) mass is 222 g/mol. The van der Waals surface area contributed by atoms with Gasteiger partial charge in [-0.1, -0.05) is 30.3 Å². The predicted octanol–water partition coefficient (Wildman–Crippen LogP) is 1.26. The van der Waals surface area contributed by atoms with E-state index in [2.05, 4.69) is 4.98 Å². The van der Waals surface area contributed by atoms with Crippen molar-refractivity contribution in [1.82, 2.24) is 8.96 Å². The molecule has 2 aromatic rings. The molecule has 0 amide bonds. The van der Waals surface area contributed by atoms with Crippen LogP contribution in [0.15, 0.2) is 49.1 Å². The van der Waals surface area contributed by atoms with Crippen molar-refractivity contribution < 1.29 is 8.42 Å². The van der Waals surface area contributed by atoms with Gasteiger partial charge in [-0.25, -0.2) is 17.4 Å². The van der Waals surface area contributed by atoms with Crippen LogP contribution in [0.3, 0.4) is 0 Å². The second-order valence-electron chi connectivity index (χ2n) is 3.13. The molecule has 5 heteroatoms. The van der Waals surface area contributed by atoms with E-state index in [0.717, 1.165) is 9.54 Å². The van der Waals surface area contributed by atoms with E-state index in [1.165, 1.54) is 18.7 Å². The minimum Gasteiger partial charge on any atom is -0.244 e. The summed E-state index contributed by atoms with van der Waals surface area (Å²) in [6.07, 6.45) is 4.17. The maximum atomic E-state index is 11.8. The van der Waals surface area contributed by atoms with Gasteiger partial charge in [-0.3, -0.25) is 0 Å². The van der Waals surface area contributed by atoms with E-state index in [0.29, 0.717) is 0 Å². The Morgan fingerprint density at radius 1 is 1.20 bits per heavy atom. The number of hydrogen-bond donors (Lipinski definition) is 0. The Kier molecular flexibility index (Phi) is 2.55. The topological polar surface area (TPSA) is 52.0 Å². The van der Waals surface area contributed by atoms with Gasteiger partial charge in [0, 0.05) is 12.4 Å². The van der Waals surface area contributed by atoms with Gasteiger partial charge < -0.3 is 0 Å². The Bertz CT molecular complexity index is 518. The zero-order valence-electron chi connectivity index (χ0n) is 7.95. The third-order valence-corrected chi connectivity index (χ3v) is 3.55. The molecule has 0 fully saturated rings. The molecule has 4 nitrogen and oxygen atoms in total. The number of aromatic nitrogens is 2. The Balaban J connectivity index is 2.27. The molecule has 0 bridgehead atoms. The van der Waals surface area contributed by atoms with Gasteiger partial charge in [0.15, 0.2) is 0 Å². The summed E-state index contributed by atoms with van der Waals surface area (Å²) in [6, 6.07) is 9.06. The molecule has 0 unspecified atom stereocenters. The van der Waals surface area contributed by atoms with Crippen molar-refractivity contribution in [3.8, 4) is 0 Å². The molecule has 78 valence electrons. The van der Waals surface area contributed by atoms with Gasteiger partial charge >= 0.3 is 0 Å². The standard InChI is InChI=1S/C10H10N2O2S/c13-15(14,12-7-6-11-9-12)8-10-4-2-1-3-5-10/h1-7,9H,8H2. The number of rotatable bonds is 3. The fourth-order valence-corrected chi connectivity index (χ4v) is 2.47. The first-order chi connectivity index (χ1) is 7.18. The molecule has 1 aromatic heterocycles. The van der Waals surface area contributed by atoms with E-state index >= 15 is 0 Å². The average molecular weight is 222 g/mol. The summed E-state index contributed by atoms with van der Waals surface area (Å²) in [6.45, 7) is 0. The maximum absolute atomic E-state index is 11.8. The van der Waals surface area contributed by atoms with Crippen LogP contribution in [0, 0.1) is 0 Å². The first kappa shape index (κ1) is 9.92. The lowest BCUT2D eigenvalue weighted by Gasteiger charge is -2.04. The van der Waals surface area contributed by atoms with Gasteiger partial charge in [-0.05, 0) is 5.56 Å². The smallest absolute Gasteiger partial charge is 0.243 e. The highest BCUT2D eigenvalue weighted by molar-refractivity contribution is 7.89. The van der Waals surface area contributed by atoms with Crippen molar-refractivity contribution in [2.75, 3.05) is 0 Å². The Morgan fingerprint density at radius 2 is 1.93 bits per heavy atom. The van der Waals surface area contributed by atoms with Gasteiger partial charge in [0.25, 0.3) is 0 Å². The zero-order chi connectivity index (χ0) is 10.7. The largest absolute Gasteiger partial charge is 0.244 e. The number of benzene rings is 1. The zero-order valence-corrected chi connectivity index (χ0v) is 8.76. The summed E-state index contributed by atoms with van der Waals surface area (Å²) in [7, 11) is -3.32. The van der Waals surface area contributed by atoms with Crippen LogP contribution in [0.25, 0.3) is 0 Å². The average Bonchev–Trinajstić information content (AvgIpc) is 2.71. The molecular formula is C10H10N2O2S. The lowest BCUT2D eigenvalue weighted by molar-refractivity contribution is 0.586. The normalized spacial score (nSPS) is 11.5. The Hall–Kier alpha value is -1.62. The molecule has 0 aliphatic carbocycles. The number of nitrogens with zero attached hydrogens (tertiary/aromatic N) is 2. The van der Waals surface area contributed by atoms with Crippen LogP contribution in [0.5, 0.6) is 0 Å². The van der Waals surface area contributed by atoms with Crippen molar-refractivity contribution >= 4 is 10.0 Å². The van der Waals surface area contributed by atoms with Crippen LogP contribution < -0.4 is 0 Å². The molecule has 1 heterocycles. The molecule has 15 heavy (non-hydrogen) atoms. The van der Waals surface area contributed by atoms with Crippen LogP contribution in [0.4, 0.5) is 0 Å². The van der Waals surface area contributed by atoms with Crippen molar-refractivity contribution in [3.05, 3.63) is 54.6 Å². The molecule has 0 spiro atoms. The molecule has 0 aliphatic heterocycles. The molecule has 0 radical (unpaired) electrons. The maximum Gasteiger partial charge on any atom is 0.243 e. The number of hydrogen-bond acceptors (Lipinski definition) is 3. The fourth-order valence-electron chi connectivity index (χ4n) is 1.27. The summed E-state index contributed by atoms with van der Waals surface area (Å²) in [5, 5.41) is 0. The summed E-state index contributed by atoms with van der Waals surface area (Å²) in [4.78, 5) is 3.71. The fraction of sp³-hybridized carbons (Fsp3) is 0.100. The van der Waals surface area contributed by atoms with Crippen molar-refractivity contribution in [2.45, 2.75) is 5.75 Å². The Morgan fingerprint density at radius 3 is 2.53 bits per heavy atom. The van der Waals surface area contributed by atoms with Gasteiger partial charge in [-0.2, -0.15) is 0 Å². The SMILES string of the molecule is O=S(=O)(Cc1ccccc1)n1ccnc1. The lowest BCUT2D eigenvalue weighted by atomic mass is 10.2. The van der Waals surface area contributed by atoms with Gasteiger partial charge in [-0.15, -0.1) is 0 Å². The third kappa shape index (κ3) is 2.24. The highest BCUT2D eigenvalue weighted by atomic mass is 32.2. The van der Waals surface area contributed by atoms with Crippen molar-refractivity contribution in [1.29, 1.82) is 0 Å². The van der Waals surface area contributed by atoms with E-state index in [-0.39, 0.29) is 5.75 Å². The molecule has 1 aromatic carbocycles. The molecule has 0 aliphatic rings.